The molecule has 0 spiro atoms. The van der Waals surface area contributed by atoms with E-state index in [1.807, 2.05) is 12.1 Å². The lowest BCUT2D eigenvalue weighted by molar-refractivity contribution is -0.122. The summed E-state index contributed by atoms with van der Waals surface area (Å²) in [7, 11) is 0. The Balaban J connectivity index is 2.01. The summed E-state index contributed by atoms with van der Waals surface area (Å²) in [5.41, 5.74) is 0.862. The maximum absolute atomic E-state index is 12.4. The molecule has 0 N–H and O–H groups in total. The molecule has 19 heavy (non-hydrogen) atoms. The van der Waals surface area contributed by atoms with Crippen molar-refractivity contribution >= 4 is 29.0 Å². The van der Waals surface area contributed by atoms with Crippen LogP contribution in [0.3, 0.4) is 0 Å². The van der Waals surface area contributed by atoms with E-state index >= 15 is 0 Å². The monoisotopic (exact) mass is 298 g/mol. The summed E-state index contributed by atoms with van der Waals surface area (Å²) >= 11 is 12.1. The number of ketones is 1. The van der Waals surface area contributed by atoms with E-state index < -0.39 is 0 Å². The molecule has 0 radical (unpaired) electrons. The zero-order valence-corrected chi connectivity index (χ0v) is 12.6. The van der Waals surface area contributed by atoms with E-state index in [0.717, 1.165) is 18.4 Å². The van der Waals surface area contributed by atoms with E-state index in [1.165, 1.54) is 32.1 Å². The number of halogens is 2. The van der Waals surface area contributed by atoms with Crippen LogP contribution in [0.15, 0.2) is 18.2 Å². The van der Waals surface area contributed by atoms with Gasteiger partial charge in [0.1, 0.15) is 5.78 Å². The Morgan fingerprint density at radius 1 is 1.05 bits per heavy atom. The molecule has 2 rings (SSSR count). The molecule has 1 saturated carbocycles. The third-order valence-electron chi connectivity index (χ3n) is 3.96. The predicted molar refractivity (Wildman–Crippen MR) is 81.0 cm³/mol. The van der Waals surface area contributed by atoms with Gasteiger partial charge in [0.15, 0.2) is 0 Å². The Kier molecular flexibility index (Phi) is 5.72. The van der Waals surface area contributed by atoms with E-state index in [0.29, 0.717) is 22.2 Å². The molecule has 0 saturated heterocycles. The van der Waals surface area contributed by atoms with Crippen LogP contribution in [-0.4, -0.2) is 5.78 Å². The maximum atomic E-state index is 12.4. The van der Waals surface area contributed by atoms with E-state index in [2.05, 4.69) is 0 Å². The molecular formula is C16H20Cl2O. The second kappa shape index (κ2) is 7.31. The Bertz CT molecular complexity index is 434. The third kappa shape index (κ3) is 4.22. The highest BCUT2D eigenvalue weighted by Gasteiger charge is 2.20. The van der Waals surface area contributed by atoms with Crippen LogP contribution < -0.4 is 0 Å². The number of benzene rings is 1. The number of rotatable bonds is 3. The molecule has 1 aliphatic carbocycles. The van der Waals surface area contributed by atoms with Crippen LogP contribution in [0.2, 0.25) is 10.0 Å². The van der Waals surface area contributed by atoms with Gasteiger partial charge < -0.3 is 0 Å². The van der Waals surface area contributed by atoms with Crippen LogP contribution in [-0.2, 0) is 11.2 Å². The predicted octanol–water partition coefficient (Wildman–Crippen LogP) is 5.47. The SMILES string of the molecule is O=C(Cc1cccc(Cl)c1Cl)C1CCCCCCC1. The van der Waals surface area contributed by atoms with Gasteiger partial charge in [-0.3, -0.25) is 4.79 Å². The largest absolute Gasteiger partial charge is 0.299 e. The molecule has 0 aliphatic heterocycles. The fraction of sp³-hybridized carbons (Fsp3) is 0.562. The highest BCUT2D eigenvalue weighted by molar-refractivity contribution is 6.42. The molecule has 3 heteroatoms. The molecule has 0 unspecified atom stereocenters. The van der Waals surface area contributed by atoms with Crippen LogP contribution in [0.25, 0.3) is 0 Å². The van der Waals surface area contributed by atoms with Gasteiger partial charge in [-0.05, 0) is 24.5 Å². The first kappa shape index (κ1) is 14.9. The topological polar surface area (TPSA) is 17.1 Å². The van der Waals surface area contributed by atoms with Crippen molar-refractivity contribution < 1.29 is 4.79 Å². The summed E-state index contributed by atoms with van der Waals surface area (Å²) in [5, 5.41) is 1.06. The van der Waals surface area contributed by atoms with Crippen molar-refractivity contribution in [2.75, 3.05) is 0 Å². The van der Waals surface area contributed by atoms with Crippen molar-refractivity contribution in [2.24, 2.45) is 5.92 Å². The number of carbonyl (C=O) groups is 1. The zero-order valence-electron chi connectivity index (χ0n) is 11.1. The fourth-order valence-corrected chi connectivity index (χ4v) is 3.18. The van der Waals surface area contributed by atoms with Crippen molar-refractivity contribution in [1.82, 2.24) is 0 Å². The fourth-order valence-electron chi connectivity index (χ4n) is 2.80. The van der Waals surface area contributed by atoms with Gasteiger partial charge >= 0.3 is 0 Å². The van der Waals surface area contributed by atoms with E-state index in [1.54, 1.807) is 6.07 Å². The smallest absolute Gasteiger partial charge is 0.140 e. The van der Waals surface area contributed by atoms with Crippen molar-refractivity contribution in [1.29, 1.82) is 0 Å². The molecule has 1 nitrogen and oxygen atoms in total. The summed E-state index contributed by atoms with van der Waals surface area (Å²) in [6.07, 6.45) is 8.71. The van der Waals surface area contributed by atoms with Crippen LogP contribution in [0.5, 0.6) is 0 Å². The van der Waals surface area contributed by atoms with Gasteiger partial charge in [0, 0.05) is 12.3 Å². The molecule has 0 bridgehead atoms. The Morgan fingerprint density at radius 3 is 2.37 bits per heavy atom. The number of hydrogen-bond acceptors (Lipinski definition) is 1. The van der Waals surface area contributed by atoms with E-state index in [9.17, 15) is 4.79 Å². The maximum Gasteiger partial charge on any atom is 0.140 e. The first-order valence-corrected chi connectivity index (χ1v) is 7.89. The zero-order chi connectivity index (χ0) is 13.7. The summed E-state index contributed by atoms with van der Waals surface area (Å²) in [5.74, 6) is 0.543. The second-order valence-corrected chi connectivity index (χ2v) is 6.18. The molecule has 0 amide bonds. The number of carbonyl (C=O) groups excluding carboxylic acids is 1. The normalized spacial score (nSPS) is 17.8. The highest BCUT2D eigenvalue weighted by atomic mass is 35.5. The Labute approximate surface area is 125 Å². The van der Waals surface area contributed by atoms with Crippen molar-refractivity contribution in [3.8, 4) is 0 Å². The molecule has 1 aliphatic rings. The molecule has 0 aromatic heterocycles. The first-order valence-electron chi connectivity index (χ1n) is 7.14. The van der Waals surface area contributed by atoms with Gasteiger partial charge in [0.25, 0.3) is 0 Å². The summed E-state index contributed by atoms with van der Waals surface area (Å²) < 4.78 is 0. The average molecular weight is 299 g/mol. The van der Waals surface area contributed by atoms with Crippen LogP contribution >= 0.6 is 23.2 Å². The lowest BCUT2D eigenvalue weighted by atomic mass is 9.86. The standard InChI is InChI=1S/C16H20Cl2O/c17-14-10-6-9-13(16(14)18)11-15(19)12-7-4-2-1-3-5-8-12/h6,9-10,12H,1-5,7-8,11H2. The highest BCUT2D eigenvalue weighted by Crippen LogP contribution is 2.28. The minimum atomic E-state index is 0.218. The van der Waals surface area contributed by atoms with E-state index in [4.69, 9.17) is 23.2 Å². The van der Waals surface area contributed by atoms with Gasteiger partial charge in [0.05, 0.1) is 10.0 Å². The molecule has 0 atom stereocenters. The molecule has 1 aromatic carbocycles. The summed E-state index contributed by atoms with van der Waals surface area (Å²) in [4.78, 5) is 12.4. The minimum Gasteiger partial charge on any atom is -0.299 e. The van der Waals surface area contributed by atoms with Crippen molar-refractivity contribution in [3.63, 3.8) is 0 Å². The van der Waals surface area contributed by atoms with Crippen LogP contribution in [0.4, 0.5) is 0 Å². The number of Topliss-reactive ketones (excluding diaryl/α,β-unsaturated/α-hetero) is 1. The minimum absolute atomic E-state index is 0.218. The van der Waals surface area contributed by atoms with Crippen LogP contribution in [0, 0.1) is 5.92 Å². The molecule has 1 fully saturated rings. The van der Waals surface area contributed by atoms with Gasteiger partial charge in [0.2, 0.25) is 0 Å². The van der Waals surface area contributed by atoms with E-state index in [-0.39, 0.29) is 5.92 Å². The Morgan fingerprint density at radius 2 is 1.68 bits per heavy atom. The quantitative estimate of drug-likeness (QED) is 0.723. The van der Waals surface area contributed by atoms with Gasteiger partial charge in [-0.2, -0.15) is 0 Å². The third-order valence-corrected chi connectivity index (χ3v) is 4.81. The molecule has 0 heterocycles. The molecule has 104 valence electrons. The van der Waals surface area contributed by atoms with Gasteiger partial charge in [-0.15, -0.1) is 0 Å². The Hall–Kier alpha value is -0.530. The van der Waals surface area contributed by atoms with Crippen LogP contribution in [0.1, 0.15) is 50.5 Å². The van der Waals surface area contributed by atoms with Gasteiger partial charge in [-0.25, -0.2) is 0 Å². The van der Waals surface area contributed by atoms with Crippen molar-refractivity contribution in [3.05, 3.63) is 33.8 Å². The lowest BCUT2D eigenvalue weighted by Gasteiger charge is -2.18. The summed E-state index contributed by atoms with van der Waals surface area (Å²) in [6, 6.07) is 5.51. The lowest BCUT2D eigenvalue weighted by Crippen LogP contribution is -2.18. The van der Waals surface area contributed by atoms with Crippen molar-refractivity contribution in [2.45, 2.75) is 51.4 Å². The summed E-state index contributed by atoms with van der Waals surface area (Å²) in [6.45, 7) is 0. The van der Waals surface area contributed by atoms with Gasteiger partial charge in [-0.1, -0.05) is 67.4 Å². The first-order chi connectivity index (χ1) is 9.18. The second-order valence-electron chi connectivity index (χ2n) is 5.40. The molecule has 1 aromatic rings. The number of hydrogen-bond donors (Lipinski definition) is 0. The average Bonchev–Trinajstić information content (AvgIpc) is 2.34. The molecular weight excluding hydrogens is 279 g/mol.